The summed E-state index contributed by atoms with van der Waals surface area (Å²) in [7, 11) is 0. The van der Waals surface area contributed by atoms with Gasteiger partial charge in [0, 0.05) is 31.2 Å². The van der Waals surface area contributed by atoms with Gasteiger partial charge in [0.25, 0.3) is 5.79 Å². The molecule has 1 aromatic carbocycles. The second-order valence-electron chi connectivity index (χ2n) is 8.22. The summed E-state index contributed by atoms with van der Waals surface area (Å²) >= 11 is 0. The fraction of sp³-hybridized carbons (Fsp3) is 0.429. The molecule has 1 unspecified atom stereocenters. The fourth-order valence-corrected chi connectivity index (χ4v) is 4.76. The molecule has 0 amide bonds. The van der Waals surface area contributed by atoms with Crippen LogP contribution in [0.2, 0.25) is 0 Å². The number of aromatic nitrogens is 1. The molecule has 0 radical (unpaired) electrons. The number of carbonyl (C=O) groups excluding carboxylic acids is 2. The standard InChI is InChI=1S/C21H22N2O4.ClH/c1-11-7-8-16-13(9-11)12-5-4-6-14-18(12)23(16)10-15(22-14)17-19(24)26-21(2,3)27-20(17)25;/h7-9,14,22H,4-6,10H2,1-3H3;1H. The molecule has 3 aliphatic rings. The van der Waals surface area contributed by atoms with Crippen molar-refractivity contribution in [1.82, 2.24) is 4.57 Å². The Labute approximate surface area is 169 Å². The molecule has 28 heavy (non-hydrogen) atoms. The molecule has 1 aromatic heterocycles. The largest absolute Gasteiger partial charge is 1.00 e. The summed E-state index contributed by atoms with van der Waals surface area (Å²) < 4.78 is 12.9. The van der Waals surface area contributed by atoms with Crippen LogP contribution < -0.4 is 17.7 Å². The van der Waals surface area contributed by atoms with Gasteiger partial charge in [-0.05, 0) is 37.5 Å². The summed E-state index contributed by atoms with van der Waals surface area (Å²) in [4.78, 5) is 25.1. The van der Waals surface area contributed by atoms with Crippen molar-refractivity contribution in [2.45, 2.75) is 58.4 Å². The van der Waals surface area contributed by atoms with Crippen molar-refractivity contribution in [2.75, 3.05) is 0 Å². The average Bonchev–Trinajstić information content (AvgIpc) is 2.88. The highest BCUT2D eigenvalue weighted by molar-refractivity contribution is 6.15. The third-order valence-corrected chi connectivity index (χ3v) is 5.80. The maximum Gasteiger partial charge on any atom is 0.354 e. The molecule has 1 atom stereocenters. The number of aryl methyl sites for hydroxylation is 2. The summed E-state index contributed by atoms with van der Waals surface area (Å²) in [5.74, 6) is -2.39. The summed E-state index contributed by atoms with van der Waals surface area (Å²) in [6, 6.07) is 6.72. The third-order valence-electron chi connectivity index (χ3n) is 5.80. The van der Waals surface area contributed by atoms with Crippen LogP contribution in [0.15, 0.2) is 29.5 Å². The van der Waals surface area contributed by atoms with Gasteiger partial charge in [-0.15, -0.1) is 0 Å². The Bertz CT molecular complexity index is 1030. The van der Waals surface area contributed by atoms with E-state index in [1.807, 2.05) is 0 Å². The van der Waals surface area contributed by atoms with E-state index >= 15 is 0 Å². The lowest BCUT2D eigenvalue weighted by atomic mass is 9.90. The minimum Gasteiger partial charge on any atom is -1.00 e. The smallest absolute Gasteiger partial charge is 0.354 e. The van der Waals surface area contributed by atoms with E-state index in [-0.39, 0.29) is 24.0 Å². The number of hydrogen-bond donors (Lipinski definition) is 1. The number of rotatable bonds is 0. The second-order valence-corrected chi connectivity index (χ2v) is 8.22. The number of halogens is 1. The Balaban J connectivity index is 0.00000192. The molecule has 148 valence electrons. The van der Waals surface area contributed by atoms with Crippen molar-refractivity contribution >= 4 is 22.8 Å². The van der Waals surface area contributed by atoms with Gasteiger partial charge in [-0.1, -0.05) is 11.6 Å². The Morgan fingerprint density at radius 1 is 1.18 bits per heavy atom. The van der Waals surface area contributed by atoms with Gasteiger partial charge < -0.3 is 31.8 Å². The molecule has 2 N–H and O–H groups in total. The van der Waals surface area contributed by atoms with Crippen LogP contribution in [0.1, 0.15) is 49.6 Å². The molecule has 6 nitrogen and oxygen atoms in total. The zero-order valence-electron chi connectivity index (χ0n) is 16.2. The van der Waals surface area contributed by atoms with Crippen molar-refractivity contribution in [2.24, 2.45) is 0 Å². The van der Waals surface area contributed by atoms with E-state index in [1.165, 1.54) is 27.7 Å². The molecule has 3 heterocycles. The minimum atomic E-state index is -1.21. The molecular weight excluding hydrogens is 380 g/mol. The highest BCUT2D eigenvalue weighted by Crippen LogP contribution is 2.39. The van der Waals surface area contributed by atoms with Gasteiger partial charge in [0.1, 0.15) is 11.7 Å². The second kappa shape index (κ2) is 6.36. The Kier molecular flexibility index (Phi) is 4.32. The molecular formula is C21H23ClN2O4. The molecule has 2 aliphatic heterocycles. The van der Waals surface area contributed by atoms with E-state index in [4.69, 9.17) is 9.47 Å². The monoisotopic (exact) mass is 402 g/mol. The van der Waals surface area contributed by atoms with E-state index in [1.54, 1.807) is 13.8 Å². The molecule has 7 heteroatoms. The molecule has 1 fully saturated rings. The maximum atomic E-state index is 12.5. The Morgan fingerprint density at radius 3 is 2.61 bits per heavy atom. The summed E-state index contributed by atoms with van der Waals surface area (Å²) in [5.41, 5.74) is 5.92. The van der Waals surface area contributed by atoms with Gasteiger partial charge in [-0.3, -0.25) is 0 Å². The first-order valence-electron chi connectivity index (χ1n) is 9.50. The van der Waals surface area contributed by atoms with Crippen LogP contribution in [0.5, 0.6) is 0 Å². The van der Waals surface area contributed by atoms with Gasteiger partial charge in [-0.2, -0.15) is 0 Å². The van der Waals surface area contributed by atoms with Crippen LogP contribution in [-0.4, -0.2) is 22.3 Å². The van der Waals surface area contributed by atoms with Gasteiger partial charge in [0.05, 0.1) is 12.2 Å². The van der Waals surface area contributed by atoms with Crippen LogP contribution in [0.25, 0.3) is 10.9 Å². The van der Waals surface area contributed by atoms with Crippen LogP contribution in [0.4, 0.5) is 0 Å². The maximum absolute atomic E-state index is 12.5. The normalized spacial score (nSPS) is 23.0. The number of ether oxygens (including phenoxy) is 2. The van der Waals surface area contributed by atoms with E-state index in [2.05, 4.69) is 35.0 Å². The van der Waals surface area contributed by atoms with Gasteiger partial charge in [0.15, 0.2) is 0 Å². The van der Waals surface area contributed by atoms with Gasteiger partial charge in [-0.25, -0.2) is 9.59 Å². The predicted molar refractivity (Wildman–Crippen MR) is 97.6 cm³/mol. The first-order chi connectivity index (χ1) is 12.8. The fourth-order valence-electron chi connectivity index (χ4n) is 4.76. The minimum absolute atomic E-state index is 0. The van der Waals surface area contributed by atoms with Crippen LogP contribution in [0.3, 0.4) is 0 Å². The Morgan fingerprint density at radius 2 is 1.89 bits per heavy atom. The molecule has 0 saturated carbocycles. The predicted octanol–water partition coefficient (Wildman–Crippen LogP) is -1.00. The summed E-state index contributed by atoms with van der Waals surface area (Å²) in [6.45, 7) is 5.74. The van der Waals surface area contributed by atoms with E-state index in [0.29, 0.717) is 12.2 Å². The van der Waals surface area contributed by atoms with E-state index in [0.717, 1.165) is 19.3 Å². The number of allylic oxidation sites excluding steroid dienone is 1. The lowest BCUT2D eigenvalue weighted by Gasteiger charge is -2.33. The number of benzene rings is 1. The van der Waals surface area contributed by atoms with Crippen molar-refractivity contribution < 1.29 is 36.8 Å². The first-order valence-corrected chi connectivity index (χ1v) is 9.50. The zero-order valence-corrected chi connectivity index (χ0v) is 16.9. The van der Waals surface area contributed by atoms with Crippen molar-refractivity contribution in [3.63, 3.8) is 0 Å². The average molecular weight is 403 g/mol. The number of esters is 2. The number of carbonyl (C=O) groups is 2. The molecule has 2 aromatic rings. The van der Waals surface area contributed by atoms with Gasteiger partial charge in [0.2, 0.25) is 5.57 Å². The molecule has 5 rings (SSSR count). The Hall–Kier alpha value is -2.31. The number of nitrogens with two attached hydrogens (primary N) is 1. The molecule has 1 aliphatic carbocycles. The summed E-state index contributed by atoms with van der Waals surface area (Å²) in [6.07, 6.45) is 3.21. The van der Waals surface area contributed by atoms with Crippen molar-refractivity contribution in [1.29, 1.82) is 0 Å². The van der Waals surface area contributed by atoms with Crippen molar-refractivity contribution in [3.05, 3.63) is 46.3 Å². The first kappa shape index (κ1) is 19.0. The van der Waals surface area contributed by atoms with Crippen molar-refractivity contribution in [3.8, 4) is 0 Å². The number of quaternary nitrogens is 1. The van der Waals surface area contributed by atoms with Crippen LogP contribution in [0, 0.1) is 6.92 Å². The van der Waals surface area contributed by atoms with Crippen LogP contribution in [-0.2, 0) is 32.0 Å². The number of cyclic esters (lactones) is 2. The number of hydrogen-bond acceptors (Lipinski definition) is 4. The summed E-state index contributed by atoms with van der Waals surface area (Å²) in [5, 5.41) is 3.38. The lowest BCUT2D eigenvalue weighted by Crippen LogP contribution is -3.00. The zero-order chi connectivity index (χ0) is 18.9. The van der Waals surface area contributed by atoms with Crippen LogP contribution >= 0.6 is 0 Å². The highest BCUT2D eigenvalue weighted by Gasteiger charge is 2.45. The quantitative estimate of drug-likeness (QED) is 0.348. The highest BCUT2D eigenvalue weighted by atomic mass is 35.5. The molecule has 0 bridgehead atoms. The van der Waals surface area contributed by atoms with E-state index < -0.39 is 17.7 Å². The third kappa shape index (κ3) is 2.74. The molecule has 0 spiro atoms. The SMILES string of the molecule is Cc1ccc2c(c1)c1c3n2CC(=C2C(=O)OC(C)(C)OC2=O)[NH2+]C3CCC1.[Cl-]. The van der Waals surface area contributed by atoms with Gasteiger partial charge >= 0.3 is 11.9 Å². The molecule has 1 saturated heterocycles. The van der Waals surface area contributed by atoms with E-state index in [9.17, 15) is 9.59 Å². The topological polar surface area (TPSA) is 74.1 Å². The number of fused-ring (bicyclic) bond motifs is 3. The lowest BCUT2D eigenvalue weighted by molar-refractivity contribution is -0.660. The number of nitrogens with zero attached hydrogens (tertiary/aromatic N) is 1.